The van der Waals surface area contributed by atoms with Gasteiger partial charge in [-0.3, -0.25) is 20.4 Å². The lowest BCUT2D eigenvalue weighted by Gasteiger charge is -2.13. The normalized spacial score (nSPS) is 9.81. The van der Waals surface area contributed by atoms with E-state index >= 15 is 0 Å². The molecule has 2 rings (SSSR count). The van der Waals surface area contributed by atoms with Crippen molar-refractivity contribution in [3.8, 4) is 11.5 Å². The summed E-state index contributed by atoms with van der Waals surface area (Å²) in [6.45, 7) is 0. The number of benzene rings is 2. The first-order valence-electron chi connectivity index (χ1n) is 6.05. The lowest BCUT2D eigenvalue weighted by Crippen LogP contribution is -2.35. The van der Waals surface area contributed by atoms with Gasteiger partial charge < -0.3 is 4.74 Å². The van der Waals surface area contributed by atoms with Crippen LogP contribution in [0.15, 0.2) is 48.5 Å². The Hall–Kier alpha value is -2.90. The smallest absolute Gasteiger partial charge is 0.269 e. The summed E-state index contributed by atoms with van der Waals surface area (Å²) >= 11 is 0. The maximum absolute atomic E-state index is 11.9. The third-order valence-corrected chi connectivity index (χ3v) is 2.73. The molecule has 108 valence electrons. The van der Waals surface area contributed by atoms with E-state index in [0.717, 1.165) is 0 Å². The Bertz CT molecular complexity index is 659. The number of nitrogens with two attached hydrogens (primary N) is 2. The molecule has 0 saturated heterocycles. The van der Waals surface area contributed by atoms with Crippen LogP contribution in [-0.4, -0.2) is 11.8 Å². The van der Waals surface area contributed by atoms with Crippen LogP contribution < -0.4 is 27.3 Å². The van der Waals surface area contributed by atoms with Gasteiger partial charge in [-0.05, 0) is 24.3 Å². The number of nitrogens with one attached hydrogen (secondary N) is 2. The van der Waals surface area contributed by atoms with E-state index in [-0.39, 0.29) is 16.9 Å². The van der Waals surface area contributed by atoms with Crippen LogP contribution in [0.3, 0.4) is 0 Å². The van der Waals surface area contributed by atoms with Crippen LogP contribution in [0, 0.1) is 0 Å². The fraction of sp³-hybridized carbons (Fsp3) is 0. The van der Waals surface area contributed by atoms with Gasteiger partial charge >= 0.3 is 0 Å². The van der Waals surface area contributed by atoms with Crippen molar-refractivity contribution in [2.75, 3.05) is 0 Å². The molecule has 2 aromatic carbocycles. The molecule has 0 bridgehead atoms. The highest BCUT2D eigenvalue weighted by molar-refractivity contribution is 6.08. The van der Waals surface area contributed by atoms with E-state index in [1.807, 2.05) is 16.9 Å². The molecule has 6 N–H and O–H groups in total. The Morgan fingerprint density at radius 3 is 2.14 bits per heavy atom. The molecule has 0 aliphatic heterocycles. The minimum Gasteiger partial charge on any atom is -0.457 e. The van der Waals surface area contributed by atoms with E-state index in [4.69, 9.17) is 16.4 Å². The molecule has 0 unspecified atom stereocenters. The summed E-state index contributed by atoms with van der Waals surface area (Å²) in [7, 11) is 0. The fourth-order valence-corrected chi connectivity index (χ4v) is 1.81. The zero-order valence-electron chi connectivity index (χ0n) is 11.0. The second kappa shape index (κ2) is 6.51. The zero-order valence-corrected chi connectivity index (χ0v) is 11.0. The third-order valence-electron chi connectivity index (χ3n) is 2.73. The second-order valence-corrected chi connectivity index (χ2v) is 4.04. The molecule has 7 nitrogen and oxygen atoms in total. The first-order valence-corrected chi connectivity index (χ1v) is 6.05. The van der Waals surface area contributed by atoms with Crippen LogP contribution in [-0.2, 0) is 0 Å². The molecule has 7 heteroatoms. The lowest BCUT2D eigenvalue weighted by atomic mass is 10.1. The van der Waals surface area contributed by atoms with Crippen molar-refractivity contribution in [3.05, 3.63) is 59.7 Å². The number of amides is 2. The van der Waals surface area contributed by atoms with Crippen molar-refractivity contribution in [3.63, 3.8) is 0 Å². The van der Waals surface area contributed by atoms with Gasteiger partial charge in [0.05, 0.1) is 11.1 Å². The summed E-state index contributed by atoms with van der Waals surface area (Å²) in [6, 6.07) is 13.4. The molecular formula is C14H14N4O3. The van der Waals surface area contributed by atoms with Gasteiger partial charge in [-0.1, -0.05) is 24.3 Å². The number of hydrazine groups is 2. The number of para-hydroxylation sites is 1. The molecule has 0 atom stereocenters. The minimum absolute atomic E-state index is 0.00630. The van der Waals surface area contributed by atoms with E-state index in [1.165, 1.54) is 6.07 Å². The van der Waals surface area contributed by atoms with Gasteiger partial charge in [-0.25, -0.2) is 11.7 Å². The van der Waals surface area contributed by atoms with Crippen molar-refractivity contribution in [2.45, 2.75) is 0 Å². The van der Waals surface area contributed by atoms with E-state index < -0.39 is 11.8 Å². The maximum Gasteiger partial charge on any atom is 0.269 e. The van der Waals surface area contributed by atoms with Gasteiger partial charge in [0.2, 0.25) is 0 Å². The van der Waals surface area contributed by atoms with E-state index in [9.17, 15) is 9.59 Å². The Morgan fingerprint density at radius 2 is 1.52 bits per heavy atom. The molecule has 21 heavy (non-hydrogen) atoms. The quantitative estimate of drug-likeness (QED) is 0.374. The number of carbonyl (C=O) groups excluding carboxylic acids is 2. The van der Waals surface area contributed by atoms with Gasteiger partial charge in [0.15, 0.2) is 0 Å². The van der Waals surface area contributed by atoms with Gasteiger partial charge in [0.25, 0.3) is 11.8 Å². The van der Waals surface area contributed by atoms with Crippen molar-refractivity contribution in [1.29, 1.82) is 0 Å². The average Bonchev–Trinajstić information content (AvgIpc) is 2.54. The molecule has 0 fully saturated rings. The summed E-state index contributed by atoms with van der Waals surface area (Å²) < 4.78 is 5.63. The van der Waals surface area contributed by atoms with Crippen LogP contribution in [0.1, 0.15) is 20.7 Å². The fourth-order valence-electron chi connectivity index (χ4n) is 1.81. The van der Waals surface area contributed by atoms with Crippen molar-refractivity contribution in [1.82, 2.24) is 10.9 Å². The largest absolute Gasteiger partial charge is 0.457 e. The van der Waals surface area contributed by atoms with Crippen molar-refractivity contribution in [2.24, 2.45) is 11.7 Å². The molecular weight excluding hydrogens is 272 g/mol. The van der Waals surface area contributed by atoms with Crippen LogP contribution >= 0.6 is 0 Å². The molecule has 0 aliphatic rings. The SMILES string of the molecule is NNC(=O)c1cccc(Oc2ccccc2)c1C(=O)NN. The average molecular weight is 286 g/mol. The summed E-state index contributed by atoms with van der Waals surface area (Å²) in [4.78, 5) is 23.7. The van der Waals surface area contributed by atoms with Gasteiger partial charge in [-0.15, -0.1) is 0 Å². The molecule has 0 heterocycles. The van der Waals surface area contributed by atoms with Gasteiger partial charge in [0, 0.05) is 0 Å². The van der Waals surface area contributed by atoms with Crippen LogP contribution in [0.25, 0.3) is 0 Å². The van der Waals surface area contributed by atoms with E-state index in [1.54, 1.807) is 36.4 Å². The molecule has 0 radical (unpaired) electrons. The van der Waals surface area contributed by atoms with E-state index in [0.29, 0.717) is 5.75 Å². The van der Waals surface area contributed by atoms with Crippen LogP contribution in [0.4, 0.5) is 0 Å². The Labute approximate surface area is 120 Å². The topological polar surface area (TPSA) is 119 Å². The number of nitrogen functional groups attached to an aromatic ring is 2. The molecule has 0 aliphatic carbocycles. The highest BCUT2D eigenvalue weighted by Gasteiger charge is 2.21. The summed E-state index contributed by atoms with van der Waals surface area (Å²) in [5, 5.41) is 0. The standard InChI is InChI=1S/C14H14N4O3/c15-17-13(19)10-7-4-8-11(12(10)14(20)18-16)21-9-5-2-1-3-6-9/h1-8H,15-16H2,(H,17,19)(H,18,20). The number of rotatable bonds is 4. The first kappa shape index (κ1) is 14.5. The summed E-state index contributed by atoms with van der Waals surface area (Å²) in [6.07, 6.45) is 0. The van der Waals surface area contributed by atoms with Crippen molar-refractivity contribution >= 4 is 11.8 Å². The second-order valence-electron chi connectivity index (χ2n) is 4.04. The predicted octanol–water partition coefficient (Wildman–Crippen LogP) is 0.686. The predicted molar refractivity (Wildman–Crippen MR) is 76.3 cm³/mol. The maximum atomic E-state index is 11.9. The highest BCUT2D eigenvalue weighted by Crippen LogP contribution is 2.27. The number of ether oxygens (including phenoxy) is 1. The Balaban J connectivity index is 2.49. The molecule has 0 aromatic heterocycles. The molecule has 2 amide bonds. The van der Waals surface area contributed by atoms with Gasteiger partial charge in [0.1, 0.15) is 11.5 Å². The summed E-state index contributed by atoms with van der Waals surface area (Å²) in [5.74, 6) is 9.72. The van der Waals surface area contributed by atoms with Crippen molar-refractivity contribution < 1.29 is 14.3 Å². The number of hydrogen-bond acceptors (Lipinski definition) is 5. The first-order chi connectivity index (χ1) is 10.2. The summed E-state index contributed by atoms with van der Waals surface area (Å²) in [5.41, 5.74) is 4.03. The van der Waals surface area contributed by atoms with Gasteiger partial charge in [-0.2, -0.15) is 0 Å². The highest BCUT2D eigenvalue weighted by atomic mass is 16.5. The lowest BCUT2D eigenvalue weighted by molar-refractivity contribution is 0.0917. The zero-order chi connectivity index (χ0) is 15.2. The number of carbonyl (C=O) groups is 2. The molecule has 0 spiro atoms. The Kier molecular flexibility index (Phi) is 4.50. The monoisotopic (exact) mass is 286 g/mol. The number of hydrogen-bond donors (Lipinski definition) is 4. The molecule has 2 aromatic rings. The minimum atomic E-state index is -0.653. The van der Waals surface area contributed by atoms with E-state index in [2.05, 4.69) is 0 Å². The Morgan fingerprint density at radius 1 is 0.857 bits per heavy atom. The third kappa shape index (κ3) is 3.16. The van der Waals surface area contributed by atoms with Crippen LogP contribution in [0.5, 0.6) is 11.5 Å². The van der Waals surface area contributed by atoms with Crippen LogP contribution in [0.2, 0.25) is 0 Å². The molecule has 0 saturated carbocycles.